The molecule has 0 unspecified atom stereocenters. The first-order chi connectivity index (χ1) is 12.1. The Bertz CT molecular complexity index is 1000. The quantitative estimate of drug-likeness (QED) is 0.775. The van der Waals surface area contributed by atoms with Crippen molar-refractivity contribution < 1.29 is 4.74 Å². The van der Waals surface area contributed by atoms with Crippen molar-refractivity contribution in [1.82, 2.24) is 9.55 Å². The number of ether oxygens (including phenoxy) is 1. The first kappa shape index (κ1) is 16.5. The molecule has 2 aromatic carbocycles. The van der Waals surface area contributed by atoms with Crippen LogP contribution in [-0.2, 0) is 13.5 Å². The van der Waals surface area contributed by atoms with E-state index in [9.17, 15) is 4.79 Å². The molecule has 126 valence electrons. The van der Waals surface area contributed by atoms with E-state index in [0.29, 0.717) is 29.0 Å². The molecule has 0 atom stereocenters. The van der Waals surface area contributed by atoms with E-state index in [1.807, 2.05) is 24.3 Å². The van der Waals surface area contributed by atoms with Gasteiger partial charge in [-0.1, -0.05) is 12.1 Å². The molecule has 0 bridgehead atoms. The van der Waals surface area contributed by atoms with Gasteiger partial charge >= 0.3 is 0 Å². The highest BCUT2D eigenvalue weighted by molar-refractivity contribution is 5.80. The van der Waals surface area contributed by atoms with Crippen molar-refractivity contribution in [1.29, 1.82) is 5.26 Å². The van der Waals surface area contributed by atoms with Gasteiger partial charge in [-0.05, 0) is 42.3 Å². The number of aromatic nitrogens is 2. The molecule has 1 N–H and O–H groups in total. The SMILES string of the molecule is COc1ccc(CCNc2nc3cc(C#N)ccc3c(=O)n2C)cc1. The van der Waals surface area contributed by atoms with Gasteiger partial charge in [0.1, 0.15) is 5.75 Å². The highest BCUT2D eigenvalue weighted by Gasteiger charge is 2.08. The molecule has 6 nitrogen and oxygen atoms in total. The summed E-state index contributed by atoms with van der Waals surface area (Å²) in [4.78, 5) is 16.9. The van der Waals surface area contributed by atoms with Crippen molar-refractivity contribution in [3.05, 3.63) is 63.9 Å². The monoisotopic (exact) mass is 334 g/mol. The van der Waals surface area contributed by atoms with E-state index >= 15 is 0 Å². The van der Waals surface area contributed by atoms with Crippen molar-refractivity contribution in [2.24, 2.45) is 7.05 Å². The second-order valence-corrected chi connectivity index (χ2v) is 5.67. The zero-order valence-electron chi connectivity index (χ0n) is 14.1. The molecule has 1 aromatic heterocycles. The number of anilines is 1. The summed E-state index contributed by atoms with van der Waals surface area (Å²) in [5.74, 6) is 1.31. The second kappa shape index (κ2) is 7.05. The number of hydrogen-bond acceptors (Lipinski definition) is 5. The number of nitrogens with zero attached hydrogens (tertiary/aromatic N) is 3. The summed E-state index contributed by atoms with van der Waals surface area (Å²) < 4.78 is 6.63. The van der Waals surface area contributed by atoms with Crippen molar-refractivity contribution in [3.8, 4) is 11.8 Å². The zero-order valence-corrected chi connectivity index (χ0v) is 14.1. The van der Waals surface area contributed by atoms with Gasteiger partial charge in [-0.2, -0.15) is 5.26 Å². The van der Waals surface area contributed by atoms with Gasteiger partial charge in [0.25, 0.3) is 5.56 Å². The van der Waals surface area contributed by atoms with Gasteiger partial charge in [0, 0.05) is 13.6 Å². The van der Waals surface area contributed by atoms with Crippen molar-refractivity contribution in [2.75, 3.05) is 19.0 Å². The van der Waals surface area contributed by atoms with Gasteiger partial charge in [-0.15, -0.1) is 0 Å². The van der Waals surface area contributed by atoms with E-state index in [2.05, 4.69) is 16.4 Å². The van der Waals surface area contributed by atoms with Gasteiger partial charge in [0.2, 0.25) is 5.95 Å². The first-order valence-electron chi connectivity index (χ1n) is 7.90. The van der Waals surface area contributed by atoms with Crippen LogP contribution in [0.15, 0.2) is 47.3 Å². The van der Waals surface area contributed by atoms with Crippen LogP contribution in [0.2, 0.25) is 0 Å². The Balaban J connectivity index is 1.79. The summed E-state index contributed by atoms with van der Waals surface area (Å²) in [6.45, 7) is 0.635. The summed E-state index contributed by atoms with van der Waals surface area (Å²) in [7, 11) is 3.32. The molecule has 0 fully saturated rings. The lowest BCUT2D eigenvalue weighted by Crippen LogP contribution is -2.23. The van der Waals surface area contributed by atoms with Crippen LogP contribution in [0, 0.1) is 11.3 Å². The fraction of sp³-hybridized carbons (Fsp3) is 0.211. The Labute approximate surface area is 145 Å². The Kier molecular flexibility index (Phi) is 4.66. The smallest absolute Gasteiger partial charge is 0.262 e. The number of nitrogens with one attached hydrogen (secondary N) is 1. The highest BCUT2D eigenvalue weighted by atomic mass is 16.5. The van der Waals surface area contributed by atoms with E-state index in [1.165, 1.54) is 4.57 Å². The largest absolute Gasteiger partial charge is 0.497 e. The molecule has 3 rings (SSSR count). The van der Waals surface area contributed by atoms with Crippen LogP contribution in [-0.4, -0.2) is 23.2 Å². The Morgan fingerprint density at radius 2 is 2.00 bits per heavy atom. The number of benzene rings is 2. The predicted octanol–water partition coefficient (Wildman–Crippen LogP) is 2.47. The molecule has 0 spiro atoms. The molecule has 25 heavy (non-hydrogen) atoms. The Morgan fingerprint density at radius 1 is 1.24 bits per heavy atom. The highest BCUT2D eigenvalue weighted by Crippen LogP contribution is 2.14. The van der Waals surface area contributed by atoms with E-state index in [4.69, 9.17) is 10.00 Å². The molecule has 0 saturated heterocycles. The standard InChI is InChI=1S/C19H18N4O2/c1-23-18(24)16-8-5-14(12-20)11-17(16)22-19(23)21-10-9-13-3-6-15(25-2)7-4-13/h3-8,11H,9-10H2,1-2H3,(H,21,22). The van der Waals surface area contributed by atoms with Crippen molar-refractivity contribution in [2.45, 2.75) is 6.42 Å². The molecular formula is C19H18N4O2. The summed E-state index contributed by atoms with van der Waals surface area (Å²) in [6.07, 6.45) is 0.788. The van der Waals surface area contributed by atoms with Gasteiger partial charge in [0.15, 0.2) is 0 Å². The molecular weight excluding hydrogens is 316 g/mol. The summed E-state index contributed by atoms with van der Waals surface area (Å²) in [6, 6.07) is 14.8. The third-order valence-corrected chi connectivity index (χ3v) is 4.06. The maximum absolute atomic E-state index is 12.4. The molecule has 0 aliphatic rings. The number of methoxy groups -OCH3 is 1. The molecule has 0 aliphatic carbocycles. The van der Waals surface area contributed by atoms with Crippen LogP contribution in [0.5, 0.6) is 5.75 Å². The normalized spacial score (nSPS) is 10.4. The van der Waals surface area contributed by atoms with Crippen LogP contribution in [0.4, 0.5) is 5.95 Å². The van der Waals surface area contributed by atoms with Crippen LogP contribution >= 0.6 is 0 Å². The maximum Gasteiger partial charge on any atom is 0.262 e. The fourth-order valence-corrected chi connectivity index (χ4v) is 2.61. The molecule has 0 saturated carbocycles. The lowest BCUT2D eigenvalue weighted by atomic mass is 10.1. The van der Waals surface area contributed by atoms with Gasteiger partial charge in [0.05, 0.1) is 29.6 Å². The van der Waals surface area contributed by atoms with E-state index < -0.39 is 0 Å². The van der Waals surface area contributed by atoms with Gasteiger partial charge in [-0.3, -0.25) is 9.36 Å². The third-order valence-electron chi connectivity index (χ3n) is 4.06. The molecule has 6 heteroatoms. The number of fused-ring (bicyclic) bond motifs is 1. The first-order valence-corrected chi connectivity index (χ1v) is 7.90. The van der Waals surface area contributed by atoms with Crippen molar-refractivity contribution >= 4 is 16.9 Å². The summed E-state index contributed by atoms with van der Waals surface area (Å²) in [5, 5.41) is 12.7. The van der Waals surface area contributed by atoms with E-state index in [0.717, 1.165) is 17.7 Å². The number of hydrogen-bond donors (Lipinski definition) is 1. The van der Waals surface area contributed by atoms with Gasteiger partial charge in [-0.25, -0.2) is 4.98 Å². The van der Waals surface area contributed by atoms with Crippen LogP contribution in [0.25, 0.3) is 10.9 Å². The molecule has 1 heterocycles. The number of nitriles is 1. The van der Waals surface area contributed by atoms with Crippen molar-refractivity contribution in [3.63, 3.8) is 0 Å². The van der Waals surface area contributed by atoms with Gasteiger partial charge < -0.3 is 10.1 Å². The average molecular weight is 334 g/mol. The third kappa shape index (κ3) is 3.45. The minimum Gasteiger partial charge on any atom is -0.497 e. The van der Waals surface area contributed by atoms with E-state index in [1.54, 1.807) is 32.4 Å². The molecule has 0 radical (unpaired) electrons. The average Bonchev–Trinajstić information content (AvgIpc) is 2.65. The maximum atomic E-state index is 12.4. The molecule has 0 amide bonds. The minimum atomic E-state index is -0.138. The minimum absolute atomic E-state index is 0.138. The topological polar surface area (TPSA) is 79.9 Å². The fourth-order valence-electron chi connectivity index (χ4n) is 2.61. The summed E-state index contributed by atoms with van der Waals surface area (Å²) >= 11 is 0. The Morgan fingerprint density at radius 3 is 2.68 bits per heavy atom. The number of rotatable bonds is 5. The van der Waals surface area contributed by atoms with E-state index in [-0.39, 0.29) is 5.56 Å². The lowest BCUT2D eigenvalue weighted by Gasteiger charge is -2.11. The lowest BCUT2D eigenvalue weighted by molar-refractivity contribution is 0.414. The van der Waals surface area contributed by atoms with Crippen LogP contribution < -0.4 is 15.6 Å². The molecule has 0 aliphatic heterocycles. The second-order valence-electron chi connectivity index (χ2n) is 5.67. The van der Waals surface area contributed by atoms with Crippen LogP contribution in [0.3, 0.4) is 0 Å². The summed E-state index contributed by atoms with van der Waals surface area (Å²) in [5.41, 5.74) is 2.03. The van der Waals surface area contributed by atoms with Crippen LogP contribution in [0.1, 0.15) is 11.1 Å². The molecule has 3 aromatic rings. The zero-order chi connectivity index (χ0) is 17.8. The predicted molar refractivity (Wildman–Crippen MR) is 96.9 cm³/mol. The Hall–Kier alpha value is -3.33.